The third-order valence-corrected chi connectivity index (χ3v) is 2.96. The molecule has 3 N–H and O–H groups in total. The van der Waals surface area contributed by atoms with Crippen molar-refractivity contribution in [3.63, 3.8) is 0 Å². The smallest absolute Gasteiger partial charge is 0.320 e. The summed E-state index contributed by atoms with van der Waals surface area (Å²) in [5.74, 6) is -1.07. The van der Waals surface area contributed by atoms with Gasteiger partial charge in [0.1, 0.15) is 12.2 Å². The molecule has 2 unspecified atom stereocenters. The second kappa shape index (κ2) is 5.29. The lowest BCUT2D eigenvalue weighted by atomic mass is 9.84. The van der Waals surface area contributed by atoms with Gasteiger partial charge in [-0.05, 0) is 18.8 Å². The molecule has 0 radical (unpaired) electrons. The molecule has 1 fully saturated rings. The highest BCUT2D eigenvalue weighted by atomic mass is 19.1. The van der Waals surface area contributed by atoms with Crippen LogP contribution in [0.4, 0.5) is 4.39 Å². The first-order valence-electron chi connectivity index (χ1n) is 5.23. The molecular formula is C10H18FNO2. The Balaban J connectivity index is 2.32. The molecule has 4 heteroatoms. The Morgan fingerprint density at radius 1 is 1.43 bits per heavy atom. The summed E-state index contributed by atoms with van der Waals surface area (Å²) >= 11 is 0. The van der Waals surface area contributed by atoms with E-state index in [9.17, 15) is 9.18 Å². The van der Waals surface area contributed by atoms with Crippen LogP contribution in [0.5, 0.6) is 0 Å². The highest BCUT2D eigenvalue weighted by Crippen LogP contribution is 2.29. The van der Waals surface area contributed by atoms with Gasteiger partial charge in [0, 0.05) is 6.42 Å². The van der Waals surface area contributed by atoms with Crippen LogP contribution in [-0.4, -0.2) is 23.3 Å². The summed E-state index contributed by atoms with van der Waals surface area (Å²) in [6.07, 6.45) is 3.98. The Hall–Kier alpha value is -0.640. The van der Waals surface area contributed by atoms with Crippen LogP contribution in [0.1, 0.15) is 38.5 Å². The molecule has 0 aromatic heterocycles. The average Bonchev–Trinajstić information content (AvgIpc) is 2.19. The van der Waals surface area contributed by atoms with Crippen molar-refractivity contribution in [2.45, 2.75) is 50.7 Å². The lowest BCUT2D eigenvalue weighted by Crippen LogP contribution is -2.35. The van der Waals surface area contributed by atoms with E-state index >= 15 is 0 Å². The fraction of sp³-hybridized carbons (Fsp3) is 0.900. The highest BCUT2D eigenvalue weighted by Gasteiger charge is 2.27. The minimum absolute atomic E-state index is 0.0362. The molecule has 0 spiro atoms. The molecule has 0 aromatic carbocycles. The van der Waals surface area contributed by atoms with E-state index in [4.69, 9.17) is 10.8 Å². The topological polar surface area (TPSA) is 63.3 Å². The summed E-state index contributed by atoms with van der Waals surface area (Å²) in [5.41, 5.74) is 5.28. The quantitative estimate of drug-likeness (QED) is 0.731. The molecule has 0 amide bonds. The first kappa shape index (κ1) is 11.4. The molecule has 1 aliphatic rings. The predicted molar refractivity (Wildman–Crippen MR) is 51.7 cm³/mol. The fourth-order valence-electron chi connectivity index (χ4n) is 2.03. The van der Waals surface area contributed by atoms with E-state index in [1.54, 1.807) is 0 Å². The van der Waals surface area contributed by atoms with Gasteiger partial charge in [0.25, 0.3) is 0 Å². The van der Waals surface area contributed by atoms with Crippen molar-refractivity contribution in [3.05, 3.63) is 0 Å². The number of carbonyl (C=O) groups is 1. The van der Waals surface area contributed by atoms with Crippen LogP contribution in [0.25, 0.3) is 0 Å². The zero-order valence-corrected chi connectivity index (χ0v) is 8.29. The maximum Gasteiger partial charge on any atom is 0.320 e. The van der Waals surface area contributed by atoms with Gasteiger partial charge < -0.3 is 10.8 Å². The van der Waals surface area contributed by atoms with E-state index in [0.29, 0.717) is 0 Å². The molecule has 1 saturated carbocycles. The summed E-state index contributed by atoms with van der Waals surface area (Å²) in [6.45, 7) is 0. The average molecular weight is 203 g/mol. The molecule has 0 aromatic rings. The summed E-state index contributed by atoms with van der Waals surface area (Å²) in [4.78, 5) is 10.4. The molecule has 0 heterocycles. The third-order valence-electron chi connectivity index (χ3n) is 2.96. The standard InChI is InChI=1S/C10H18FNO2/c11-8(6-9(12)10(13)14)7-4-2-1-3-5-7/h7-9H,1-6,12H2,(H,13,14). The lowest BCUT2D eigenvalue weighted by Gasteiger charge is -2.25. The lowest BCUT2D eigenvalue weighted by molar-refractivity contribution is -0.139. The first-order valence-corrected chi connectivity index (χ1v) is 5.23. The Kier molecular flexibility index (Phi) is 4.32. The molecule has 0 saturated heterocycles. The second-order valence-corrected chi connectivity index (χ2v) is 4.09. The number of rotatable bonds is 4. The molecule has 14 heavy (non-hydrogen) atoms. The van der Waals surface area contributed by atoms with Crippen LogP contribution in [0.3, 0.4) is 0 Å². The summed E-state index contributed by atoms with van der Waals surface area (Å²) in [6, 6.07) is -1.05. The Morgan fingerprint density at radius 2 is 2.00 bits per heavy atom. The number of halogens is 1. The van der Waals surface area contributed by atoms with Crippen molar-refractivity contribution in [2.75, 3.05) is 0 Å². The van der Waals surface area contributed by atoms with Gasteiger partial charge >= 0.3 is 5.97 Å². The number of hydrogen-bond donors (Lipinski definition) is 2. The molecule has 3 nitrogen and oxygen atoms in total. The zero-order valence-electron chi connectivity index (χ0n) is 8.29. The summed E-state index contributed by atoms with van der Waals surface area (Å²) in [7, 11) is 0. The summed E-state index contributed by atoms with van der Waals surface area (Å²) < 4.78 is 13.6. The fourth-order valence-corrected chi connectivity index (χ4v) is 2.03. The largest absolute Gasteiger partial charge is 0.480 e. The third kappa shape index (κ3) is 3.25. The van der Waals surface area contributed by atoms with Gasteiger partial charge in [-0.1, -0.05) is 19.3 Å². The van der Waals surface area contributed by atoms with Crippen molar-refractivity contribution in [2.24, 2.45) is 11.7 Å². The highest BCUT2D eigenvalue weighted by molar-refractivity contribution is 5.73. The Bertz CT molecular complexity index is 193. The normalized spacial score (nSPS) is 23.0. The minimum Gasteiger partial charge on any atom is -0.480 e. The molecule has 0 bridgehead atoms. The molecular weight excluding hydrogens is 185 g/mol. The van der Waals surface area contributed by atoms with Crippen LogP contribution in [-0.2, 0) is 4.79 Å². The number of aliphatic carboxylic acids is 1. The van der Waals surface area contributed by atoms with Crippen LogP contribution in [0.2, 0.25) is 0 Å². The van der Waals surface area contributed by atoms with Gasteiger partial charge in [0.2, 0.25) is 0 Å². The maximum absolute atomic E-state index is 13.6. The number of alkyl halides is 1. The van der Waals surface area contributed by atoms with E-state index in [1.807, 2.05) is 0 Å². The van der Waals surface area contributed by atoms with Gasteiger partial charge in [0.15, 0.2) is 0 Å². The SMILES string of the molecule is NC(CC(F)C1CCCCC1)C(=O)O. The second-order valence-electron chi connectivity index (χ2n) is 4.09. The molecule has 2 atom stereocenters. The van der Waals surface area contributed by atoms with E-state index in [-0.39, 0.29) is 12.3 Å². The zero-order chi connectivity index (χ0) is 10.6. The minimum atomic E-state index is -1.11. The maximum atomic E-state index is 13.6. The van der Waals surface area contributed by atoms with Crippen LogP contribution in [0.15, 0.2) is 0 Å². The van der Waals surface area contributed by atoms with E-state index in [1.165, 1.54) is 6.42 Å². The van der Waals surface area contributed by atoms with Gasteiger partial charge in [-0.3, -0.25) is 4.79 Å². The van der Waals surface area contributed by atoms with Crippen molar-refractivity contribution in [3.8, 4) is 0 Å². The Morgan fingerprint density at radius 3 is 2.50 bits per heavy atom. The van der Waals surface area contributed by atoms with Crippen molar-refractivity contribution in [1.29, 1.82) is 0 Å². The number of nitrogens with two attached hydrogens (primary N) is 1. The monoisotopic (exact) mass is 203 g/mol. The van der Waals surface area contributed by atoms with E-state index < -0.39 is 18.2 Å². The van der Waals surface area contributed by atoms with Crippen molar-refractivity contribution >= 4 is 5.97 Å². The van der Waals surface area contributed by atoms with Gasteiger partial charge in [0.05, 0.1) is 0 Å². The van der Waals surface area contributed by atoms with Gasteiger partial charge in [-0.2, -0.15) is 0 Å². The molecule has 1 aliphatic carbocycles. The van der Waals surface area contributed by atoms with Gasteiger partial charge in [-0.15, -0.1) is 0 Å². The van der Waals surface area contributed by atoms with E-state index in [0.717, 1.165) is 25.7 Å². The van der Waals surface area contributed by atoms with Crippen LogP contribution in [0, 0.1) is 5.92 Å². The van der Waals surface area contributed by atoms with Crippen LogP contribution < -0.4 is 5.73 Å². The van der Waals surface area contributed by atoms with Crippen molar-refractivity contribution in [1.82, 2.24) is 0 Å². The Labute approximate surface area is 83.5 Å². The first-order chi connectivity index (χ1) is 6.61. The number of hydrogen-bond acceptors (Lipinski definition) is 2. The van der Waals surface area contributed by atoms with Crippen molar-refractivity contribution < 1.29 is 14.3 Å². The van der Waals surface area contributed by atoms with Gasteiger partial charge in [-0.25, -0.2) is 4.39 Å². The molecule has 82 valence electrons. The summed E-state index contributed by atoms with van der Waals surface area (Å²) in [5, 5.41) is 8.54. The van der Waals surface area contributed by atoms with Crippen LogP contribution >= 0.6 is 0 Å². The number of carboxylic acid groups (broad SMARTS) is 1. The number of carboxylic acids is 1. The molecule has 0 aliphatic heterocycles. The molecule has 1 rings (SSSR count). The predicted octanol–water partition coefficient (Wildman–Crippen LogP) is 1.71. The van der Waals surface area contributed by atoms with E-state index in [2.05, 4.69) is 0 Å².